The van der Waals surface area contributed by atoms with E-state index in [-0.39, 0.29) is 22.1 Å². The summed E-state index contributed by atoms with van der Waals surface area (Å²) in [6.45, 7) is -0.581. The third-order valence-corrected chi connectivity index (χ3v) is 9.98. The number of halogens is 4. The van der Waals surface area contributed by atoms with Gasteiger partial charge in [-0.15, -0.1) is 0 Å². The Labute approximate surface area is 222 Å². The number of hydrogen-bond acceptors (Lipinski definition) is 7. The molecule has 0 bridgehead atoms. The molecule has 0 aromatic heterocycles. The number of rotatable bonds is 8. The van der Waals surface area contributed by atoms with Crippen LogP contribution in [0.1, 0.15) is 24.8 Å². The molecule has 1 aliphatic carbocycles. The number of aliphatic imine (C=N–C) groups is 1. The van der Waals surface area contributed by atoms with Gasteiger partial charge in [-0.1, -0.05) is 11.6 Å². The lowest BCUT2D eigenvalue weighted by molar-refractivity contribution is -0.138. The summed E-state index contributed by atoms with van der Waals surface area (Å²) in [5.41, 5.74) is -1.19. The standard InChI is InChI=1S/C23H23ClF3N3O6S2/c1-30(21-4-2-3-20(19(21)12-28)29-13-22(31)32)38(35,36)18-10-14(23(25,26)27)9-17(11-18)37(33,34)16-7-5-15(24)6-8-16/h5-12,19,21,28H,2-4,13H2,1H3,(H,31,32). The zero-order chi connectivity index (χ0) is 28.5. The maximum absolute atomic E-state index is 13.7. The molecule has 2 N–H and O–H groups in total. The van der Waals surface area contributed by atoms with Crippen LogP contribution in [0.3, 0.4) is 0 Å². The van der Waals surface area contributed by atoms with Gasteiger partial charge in [0, 0.05) is 36.0 Å². The van der Waals surface area contributed by atoms with Crippen LogP contribution in [0.15, 0.2) is 62.1 Å². The molecule has 2 aromatic carbocycles. The molecule has 0 saturated heterocycles. The molecule has 0 amide bonds. The Morgan fingerprint density at radius 3 is 2.29 bits per heavy atom. The zero-order valence-corrected chi connectivity index (χ0v) is 22.2. The quantitative estimate of drug-likeness (QED) is 0.440. The molecule has 2 atom stereocenters. The number of alkyl halides is 3. The monoisotopic (exact) mass is 593 g/mol. The molecule has 1 aliphatic rings. The highest BCUT2D eigenvalue weighted by atomic mass is 35.5. The minimum Gasteiger partial charge on any atom is -0.480 e. The molecule has 0 heterocycles. The molecule has 1 saturated carbocycles. The number of hydrogen-bond donors (Lipinski definition) is 2. The third kappa shape index (κ3) is 6.25. The molecule has 0 radical (unpaired) electrons. The number of nitrogens with zero attached hydrogens (tertiary/aromatic N) is 2. The number of benzene rings is 2. The first-order valence-electron chi connectivity index (χ1n) is 11.1. The second-order valence-corrected chi connectivity index (χ2v) is 12.9. The fourth-order valence-corrected chi connectivity index (χ4v) is 7.17. The Balaban J connectivity index is 2.12. The minimum absolute atomic E-state index is 0.192. The first-order chi connectivity index (χ1) is 17.6. The van der Waals surface area contributed by atoms with Gasteiger partial charge in [0.1, 0.15) is 6.54 Å². The number of carbonyl (C=O) groups is 1. The molecule has 9 nitrogen and oxygen atoms in total. The normalized spacial score (nSPS) is 20.0. The fourth-order valence-electron chi connectivity index (χ4n) is 4.16. The summed E-state index contributed by atoms with van der Waals surface area (Å²) < 4.78 is 95.3. The number of nitrogens with one attached hydrogen (secondary N) is 1. The highest BCUT2D eigenvalue weighted by molar-refractivity contribution is 7.91. The van der Waals surface area contributed by atoms with Crippen molar-refractivity contribution in [2.45, 2.75) is 46.2 Å². The molecular weight excluding hydrogens is 571 g/mol. The Hall–Kier alpha value is -2.81. The summed E-state index contributed by atoms with van der Waals surface area (Å²) in [7, 11) is -8.17. The summed E-state index contributed by atoms with van der Waals surface area (Å²) in [6.07, 6.45) is -3.21. The predicted octanol–water partition coefficient (Wildman–Crippen LogP) is 4.16. The van der Waals surface area contributed by atoms with E-state index in [1.54, 1.807) is 0 Å². The third-order valence-electron chi connectivity index (χ3n) is 6.11. The fraction of sp³-hybridized carbons (Fsp3) is 0.348. The van der Waals surface area contributed by atoms with E-state index in [2.05, 4.69) is 4.99 Å². The lowest BCUT2D eigenvalue weighted by atomic mass is 9.83. The molecule has 2 unspecified atom stereocenters. The Kier molecular flexibility index (Phi) is 8.71. The van der Waals surface area contributed by atoms with Crippen molar-refractivity contribution in [1.29, 1.82) is 5.41 Å². The van der Waals surface area contributed by atoms with Crippen LogP contribution in [-0.2, 0) is 30.8 Å². The molecule has 1 fully saturated rings. The van der Waals surface area contributed by atoms with Crippen molar-refractivity contribution < 1.29 is 39.9 Å². The largest absolute Gasteiger partial charge is 0.480 e. The summed E-state index contributed by atoms with van der Waals surface area (Å²) in [5, 5.41) is 16.9. The maximum atomic E-state index is 13.7. The molecule has 0 aliphatic heterocycles. The number of carboxylic acid groups (broad SMARTS) is 1. The number of sulfonamides is 1. The van der Waals surface area contributed by atoms with Gasteiger partial charge in [-0.3, -0.25) is 9.79 Å². The van der Waals surface area contributed by atoms with Crippen molar-refractivity contribution in [3.63, 3.8) is 0 Å². The first-order valence-corrected chi connectivity index (χ1v) is 14.4. The zero-order valence-electron chi connectivity index (χ0n) is 19.8. The van der Waals surface area contributed by atoms with E-state index in [4.69, 9.17) is 22.1 Å². The van der Waals surface area contributed by atoms with Crippen molar-refractivity contribution >= 4 is 49.4 Å². The van der Waals surface area contributed by atoms with Gasteiger partial charge in [0.05, 0.1) is 20.2 Å². The van der Waals surface area contributed by atoms with Gasteiger partial charge in [0.25, 0.3) is 0 Å². The van der Waals surface area contributed by atoms with E-state index < -0.39 is 65.9 Å². The van der Waals surface area contributed by atoms with E-state index in [9.17, 15) is 34.8 Å². The molecule has 2 aromatic rings. The van der Waals surface area contributed by atoms with Crippen LogP contribution >= 0.6 is 11.6 Å². The highest BCUT2D eigenvalue weighted by Crippen LogP contribution is 2.36. The molecular formula is C23H23ClF3N3O6S2. The molecule has 15 heteroatoms. The second kappa shape index (κ2) is 11.1. The number of aliphatic carboxylic acids is 1. The first kappa shape index (κ1) is 29.7. The summed E-state index contributed by atoms with van der Waals surface area (Å²) >= 11 is 5.77. The molecule has 3 rings (SSSR count). The Morgan fingerprint density at radius 1 is 1.13 bits per heavy atom. The second-order valence-electron chi connectivity index (χ2n) is 8.52. The van der Waals surface area contributed by atoms with Crippen molar-refractivity contribution in [3.05, 3.63) is 53.1 Å². The lowest BCUT2D eigenvalue weighted by Gasteiger charge is -2.36. The Bertz CT molecular complexity index is 1480. The number of carboxylic acids is 1. The van der Waals surface area contributed by atoms with Gasteiger partial charge in [-0.2, -0.15) is 17.5 Å². The van der Waals surface area contributed by atoms with Crippen LogP contribution in [0.25, 0.3) is 0 Å². The summed E-state index contributed by atoms with van der Waals surface area (Å²) in [6, 6.07) is 5.07. The predicted molar refractivity (Wildman–Crippen MR) is 133 cm³/mol. The minimum atomic E-state index is -5.06. The van der Waals surface area contributed by atoms with Crippen molar-refractivity contribution in [2.24, 2.45) is 10.9 Å². The topological polar surface area (TPSA) is 145 Å². The van der Waals surface area contributed by atoms with Gasteiger partial charge >= 0.3 is 12.1 Å². The lowest BCUT2D eigenvalue weighted by Crippen LogP contribution is -2.47. The van der Waals surface area contributed by atoms with Crippen LogP contribution in [-0.4, -0.2) is 63.8 Å². The maximum Gasteiger partial charge on any atom is 0.416 e. The van der Waals surface area contributed by atoms with Crippen LogP contribution < -0.4 is 0 Å². The van der Waals surface area contributed by atoms with Crippen molar-refractivity contribution in [1.82, 2.24) is 4.31 Å². The van der Waals surface area contributed by atoms with Crippen molar-refractivity contribution in [2.75, 3.05) is 13.6 Å². The number of sulfone groups is 1. The molecule has 0 spiro atoms. The summed E-state index contributed by atoms with van der Waals surface area (Å²) in [4.78, 5) is 12.7. The SMILES string of the molecule is CN(C1CCCC(=NCC(=O)O)C1C=N)S(=O)(=O)c1cc(C(F)(F)F)cc(S(=O)(=O)c2ccc(Cl)cc2)c1. The Morgan fingerprint density at radius 2 is 1.74 bits per heavy atom. The molecule has 38 heavy (non-hydrogen) atoms. The van der Waals surface area contributed by atoms with Crippen LogP contribution in [0.4, 0.5) is 13.2 Å². The van der Waals surface area contributed by atoms with Gasteiger partial charge < -0.3 is 10.5 Å². The van der Waals surface area contributed by atoms with E-state index in [0.29, 0.717) is 31.0 Å². The van der Waals surface area contributed by atoms with E-state index in [1.807, 2.05) is 0 Å². The van der Waals surface area contributed by atoms with E-state index in [1.165, 1.54) is 12.1 Å². The van der Waals surface area contributed by atoms with Gasteiger partial charge in [0.15, 0.2) is 0 Å². The van der Waals surface area contributed by atoms with Crippen LogP contribution in [0, 0.1) is 11.3 Å². The van der Waals surface area contributed by atoms with Crippen molar-refractivity contribution in [3.8, 4) is 0 Å². The van der Waals surface area contributed by atoms with Crippen LogP contribution in [0.5, 0.6) is 0 Å². The van der Waals surface area contributed by atoms with E-state index >= 15 is 0 Å². The van der Waals surface area contributed by atoms with Gasteiger partial charge in [0.2, 0.25) is 19.9 Å². The average Bonchev–Trinajstić information content (AvgIpc) is 2.86. The van der Waals surface area contributed by atoms with Gasteiger partial charge in [-0.05, 0) is 61.7 Å². The van der Waals surface area contributed by atoms with Crippen LogP contribution in [0.2, 0.25) is 5.02 Å². The summed E-state index contributed by atoms with van der Waals surface area (Å²) in [5.74, 6) is -2.13. The smallest absolute Gasteiger partial charge is 0.416 e. The van der Waals surface area contributed by atoms with E-state index in [0.717, 1.165) is 29.7 Å². The highest BCUT2D eigenvalue weighted by Gasteiger charge is 2.40. The average molecular weight is 594 g/mol. The van der Waals surface area contributed by atoms with Gasteiger partial charge in [-0.25, -0.2) is 16.8 Å². The molecule has 206 valence electrons.